The number of aromatic amines is 1. The summed E-state index contributed by atoms with van der Waals surface area (Å²) in [6, 6.07) is 12.5. The molecular weight excluding hydrogens is 280 g/mol. The number of anilines is 1. The number of fused-ring (bicyclic) bond motifs is 2. The smallest absolute Gasteiger partial charge is 0.248 e. The van der Waals surface area contributed by atoms with E-state index in [1.165, 1.54) is 15.6 Å². The van der Waals surface area contributed by atoms with E-state index < -0.39 is 0 Å². The van der Waals surface area contributed by atoms with Gasteiger partial charge in [-0.15, -0.1) is 11.3 Å². The van der Waals surface area contributed by atoms with E-state index in [9.17, 15) is 4.79 Å². The Kier molecular flexibility index (Phi) is 3.04. The molecule has 0 fully saturated rings. The highest BCUT2D eigenvalue weighted by molar-refractivity contribution is 7.17. The van der Waals surface area contributed by atoms with Crippen LogP contribution >= 0.6 is 11.3 Å². The Morgan fingerprint density at radius 2 is 2.14 bits per heavy atom. The molecule has 21 heavy (non-hydrogen) atoms. The first kappa shape index (κ1) is 12.7. The molecule has 0 bridgehead atoms. The zero-order chi connectivity index (χ0) is 14.2. The summed E-state index contributed by atoms with van der Waals surface area (Å²) in [5.74, 6) is 0. The van der Waals surface area contributed by atoms with Gasteiger partial charge in [-0.2, -0.15) is 0 Å². The topological polar surface area (TPSA) is 44.9 Å². The van der Waals surface area contributed by atoms with Gasteiger partial charge >= 0.3 is 0 Å². The molecule has 1 aliphatic rings. The molecule has 1 atom stereocenters. The molecule has 0 amide bonds. The average Bonchev–Trinajstić information content (AvgIpc) is 2.95. The van der Waals surface area contributed by atoms with Gasteiger partial charge in [0.25, 0.3) is 0 Å². The maximum Gasteiger partial charge on any atom is 0.248 e. The lowest BCUT2D eigenvalue weighted by atomic mass is 9.91. The summed E-state index contributed by atoms with van der Waals surface area (Å²) < 4.78 is 1.31. The van der Waals surface area contributed by atoms with Crippen molar-refractivity contribution in [3.63, 3.8) is 0 Å². The molecule has 1 aromatic carbocycles. The van der Waals surface area contributed by atoms with Crippen molar-refractivity contribution in [1.82, 2.24) is 4.98 Å². The van der Waals surface area contributed by atoms with Crippen molar-refractivity contribution in [2.45, 2.75) is 25.3 Å². The van der Waals surface area contributed by atoms with Crippen LogP contribution in [0.2, 0.25) is 0 Å². The number of nitrogens with one attached hydrogen (secondary N) is 2. The molecule has 2 heterocycles. The van der Waals surface area contributed by atoms with Crippen molar-refractivity contribution in [2.75, 3.05) is 5.32 Å². The lowest BCUT2D eigenvalue weighted by Gasteiger charge is -2.26. The largest absolute Gasteiger partial charge is 0.378 e. The Hall–Kier alpha value is -2.07. The molecule has 4 rings (SSSR count). The highest BCUT2D eigenvalue weighted by Crippen LogP contribution is 2.32. The van der Waals surface area contributed by atoms with Crippen molar-refractivity contribution in [3.05, 3.63) is 63.4 Å². The highest BCUT2D eigenvalue weighted by atomic mass is 32.1. The standard InChI is InChI=1S/C17H16N2OS/c20-17-7-5-13-14(2-1-3-15(13)19-17)18-12-4-6-16-11(10-12)8-9-21-16/h4-10,14,18H,1-3H2,(H,19,20). The van der Waals surface area contributed by atoms with E-state index >= 15 is 0 Å². The maximum absolute atomic E-state index is 11.4. The first-order valence-electron chi connectivity index (χ1n) is 7.25. The lowest BCUT2D eigenvalue weighted by Crippen LogP contribution is -2.21. The van der Waals surface area contributed by atoms with E-state index in [0.29, 0.717) is 0 Å². The van der Waals surface area contributed by atoms with Gasteiger partial charge in [-0.1, -0.05) is 0 Å². The van der Waals surface area contributed by atoms with Crippen LogP contribution in [0, 0.1) is 0 Å². The Labute approximate surface area is 126 Å². The lowest BCUT2D eigenvalue weighted by molar-refractivity contribution is 0.587. The highest BCUT2D eigenvalue weighted by Gasteiger charge is 2.20. The summed E-state index contributed by atoms with van der Waals surface area (Å²) in [5, 5.41) is 7.02. The summed E-state index contributed by atoms with van der Waals surface area (Å²) in [5.41, 5.74) is 3.45. The van der Waals surface area contributed by atoms with E-state index in [1.807, 2.05) is 6.07 Å². The molecular formula is C17H16N2OS. The zero-order valence-electron chi connectivity index (χ0n) is 11.6. The number of pyridine rings is 1. The molecule has 0 aliphatic heterocycles. The van der Waals surface area contributed by atoms with Crippen molar-refractivity contribution in [3.8, 4) is 0 Å². The molecule has 3 aromatic rings. The molecule has 0 radical (unpaired) electrons. The minimum absolute atomic E-state index is 0.00547. The molecule has 1 aliphatic carbocycles. The number of benzene rings is 1. The summed E-state index contributed by atoms with van der Waals surface area (Å²) in [4.78, 5) is 14.4. The minimum Gasteiger partial charge on any atom is -0.378 e. The van der Waals surface area contributed by atoms with Crippen molar-refractivity contribution < 1.29 is 0 Å². The van der Waals surface area contributed by atoms with Crippen LogP contribution in [0.25, 0.3) is 10.1 Å². The van der Waals surface area contributed by atoms with Gasteiger partial charge in [-0.25, -0.2) is 0 Å². The fourth-order valence-corrected chi connectivity index (χ4v) is 3.88. The third-order valence-corrected chi connectivity index (χ3v) is 5.02. The first-order valence-corrected chi connectivity index (χ1v) is 8.13. The van der Waals surface area contributed by atoms with Crippen molar-refractivity contribution in [1.29, 1.82) is 0 Å². The number of thiophene rings is 1. The van der Waals surface area contributed by atoms with Gasteiger partial charge in [0.15, 0.2) is 0 Å². The van der Waals surface area contributed by atoms with Crippen LogP contribution in [0.5, 0.6) is 0 Å². The molecule has 0 saturated heterocycles. The summed E-state index contributed by atoms with van der Waals surface area (Å²) in [7, 11) is 0. The SMILES string of the molecule is O=c1ccc2c([nH]1)CCCC2Nc1ccc2sccc2c1. The number of H-pyrrole nitrogens is 1. The normalized spacial score (nSPS) is 17.6. The fraction of sp³-hybridized carbons (Fsp3) is 0.235. The van der Waals surface area contributed by atoms with Gasteiger partial charge in [0.1, 0.15) is 0 Å². The summed E-state index contributed by atoms with van der Waals surface area (Å²) in [6.45, 7) is 0. The van der Waals surface area contributed by atoms with Gasteiger partial charge in [-0.05, 0) is 65.9 Å². The quantitative estimate of drug-likeness (QED) is 0.748. The number of aromatic nitrogens is 1. The van der Waals surface area contributed by atoms with Crippen LogP contribution in [-0.2, 0) is 6.42 Å². The summed E-state index contributed by atoms with van der Waals surface area (Å²) in [6.07, 6.45) is 3.17. The Morgan fingerprint density at radius 3 is 3.10 bits per heavy atom. The number of aryl methyl sites for hydroxylation is 1. The molecule has 2 aromatic heterocycles. The third-order valence-electron chi connectivity index (χ3n) is 4.13. The predicted octanol–water partition coefficient (Wildman–Crippen LogP) is 4.08. The van der Waals surface area contributed by atoms with Crippen molar-refractivity contribution >= 4 is 27.1 Å². The molecule has 1 unspecified atom stereocenters. The van der Waals surface area contributed by atoms with Crippen LogP contribution < -0.4 is 10.9 Å². The van der Waals surface area contributed by atoms with E-state index in [-0.39, 0.29) is 11.6 Å². The van der Waals surface area contributed by atoms with Crippen LogP contribution in [-0.4, -0.2) is 4.98 Å². The van der Waals surface area contributed by atoms with Gasteiger partial charge in [0, 0.05) is 22.1 Å². The monoisotopic (exact) mass is 296 g/mol. The van der Waals surface area contributed by atoms with E-state index in [0.717, 1.165) is 30.6 Å². The van der Waals surface area contributed by atoms with Crippen LogP contribution in [0.15, 0.2) is 46.6 Å². The number of hydrogen-bond donors (Lipinski definition) is 2. The molecule has 2 N–H and O–H groups in total. The van der Waals surface area contributed by atoms with Crippen LogP contribution in [0.1, 0.15) is 30.1 Å². The Morgan fingerprint density at radius 1 is 1.19 bits per heavy atom. The predicted molar refractivity (Wildman–Crippen MR) is 88.2 cm³/mol. The maximum atomic E-state index is 11.4. The fourth-order valence-electron chi connectivity index (χ4n) is 3.11. The van der Waals surface area contributed by atoms with Gasteiger partial charge in [-0.3, -0.25) is 4.79 Å². The van der Waals surface area contributed by atoms with Crippen LogP contribution in [0.4, 0.5) is 5.69 Å². The second-order valence-electron chi connectivity index (χ2n) is 5.52. The average molecular weight is 296 g/mol. The molecule has 106 valence electrons. The second kappa shape index (κ2) is 5.04. The second-order valence-corrected chi connectivity index (χ2v) is 6.47. The van der Waals surface area contributed by atoms with Crippen molar-refractivity contribution in [2.24, 2.45) is 0 Å². The number of rotatable bonds is 2. The number of hydrogen-bond acceptors (Lipinski definition) is 3. The Bertz CT molecular complexity index is 849. The molecule has 0 saturated carbocycles. The van der Waals surface area contributed by atoms with Gasteiger partial charge < -0.3 is 10.3 Å². The minimum atomic E-state index is -0.00547. The van der Waals surface area contributed by atoms with Gasteiger partial charge in [0.05, 0.1) is 6.04 Å². The molecule has 4 heteroatoms. The van der Waals surface area contributed by atoms with E-state index in [4.69, 9.17) is 0 Å². The van der Waals surface area contributed by atoms with Gasteiger partial charge in [0.2, 0.25) is 5.56 Å². The summed E-state index contributed by atoms with van der Waals surface area (Å²) >= 11 is 1.76. The zero-order valence-corrected chi connectivity index (χ0v) is 12.4. The van der Waals surface area contributed by atoms with E-state index in [1.54, 1.807) is 17.4 Å². The molecule has 3 nitrogen and oxygen atoms in total. The Balaban J connectivity index is 1.67. The first-order chi connectivity index (χ1) is 10.3. The van der Waals surface area contributed by atoms with E-state index in [2.05, 4.69) is 39.9 Å². The van der Waals surface area contributed by atoms with Crippen LogP contribution in [0.3, 0.4) is 0 Å². The molecule has 0 spiro atoms. The third kappa shape index (κ3) is 2.36.